The van der Waals surface area contributed by atoms with Crippen LogP contribution in [-0.4, -0.2) is 74.6 Å². The van der Waals surface area contributed by atoms with Gasteiger partial charge in [-0.05, 0) is 37.1 Å². The third-order valence-corrected chi connectivity index (χ3v) is 6.68. The van der Waals surface area contributed by atoms with E-state index in [9.17, 15) is 14.7 Å². The molecule has 0 radical (unpaired) electrons. The van der Waals surface area contributed by atoms with E-state index in [1.54, 1.807) is 30.3 Å². The van der Waals surface area contributed by atoms with Crippen LogP contribution in [0.4, 0.5) is 0 Å². The molecule has 0 spiro atoms. The van der Waals surface area contributed by atoms with Crippen molar-refractivity contribution in [1.29, 1.82) is 0 Å². The minimum Gasteiger partial charge on any atom is -0.493 e. The number of ether oxygens (including phenoxy) is 7. The first-order valence-corrected chi connectivity index (χ1v) is 12.9. The maximum Gasteiger partial charge on any atom is 0.332 e. The van der Waals surface area contributed by atoms with E-state index < -0.39 is 49.0 Å². The lowest BCUT2D eigenvalue weighted by molar-refractivity contribution is -0.340. The summed E-state index contributed by atoms with van der Waals surface area (Å²) in [6, 6.07) is 11.7. The molecule has 7 unspecified atom stereocenters. The minimum atomic E-state index is -1.21. The van der Waals surface area contributed by atoms with Crippen LogP contribution in [0.3, 0.4) is 0 Å². The van der Waals surface area contributed by atoms with E-state index in [0.29, 0.717) is 29.2 Å². The molecule has 2 heterocycles. The van der Waals surface area contributed by atoms with E-state index in [-0.39, 0.29) is 12.5 Å². The number of hydrogen-bond acceptors (Lipinski definition) is 9. The number of carbonyl (C=O) groups excluding carboxylic acids is 1. The summed E-state index contributed by atoms with van der Waals surface area (Å²) in [5.74, 6) is 0.0262. The van der Waals surface area contributed by atoms with E-state index in [1.165, 1.54) is 28.1 Å². The Bertz CT molecular complexity index is 1200. The second-order valence-electron chi connectivity index (χ2n) is 9.45. The molecule has 2 aromatic carbocycles. The largest absolute Gasteiger partial charge is 0.493 e. The number of methoxy groups -OCH3 is 2. The number of carboxylic acids is 1. The first kappa shape index (κ1) is 29.3. The molecule has 7 atom stereocenters. The van der Waals surface area contributed by atoms with Gasteiger partial charge < -0.3 is 43.6 Å². The molecular weight excluding hydrogens is 522 g/mol. The van der Waals surface area contributed by atoms with Gasteiger partial charge in [-0.2, -0.15) is 0 Å². The number of amides is 1. The highest BCUT2D eigenvalue weighted by molar-refractivity contribution is 5.73. The quantitative estimate of drug-likeness (QED) is 0.398. The number of rotatable bonds is 11. The first-order valence-electron chi connectivity index (χ1n) is 12.9. The number of carbonyl (C=O) groups is 2. The Hall–Kier alpha value is -3.64. The highest BCUT2D eigenvalue weighted by Crippen LogP contribution is 2.39. The average molecular weight is 558 g/mol. The predicted octanol–water partition coefficient (Wildman–Crippen LogP) is 3.01. The molecule has 11 nitrogen and oxygen atoms in total. The van der Waals surface area contributed by atoms with Gasteiger partial charge in [0.25, 0.3) is 0 Å². The fraction of sp³-hybridized carbons (Fsp3) is 0.448. The minimum absolute atomic E-state index is 0.0892. The second kappa shape index (κ2) is 13.1. The van der Waals surface area contributed by atoms with E-state index >= 15 is 0 Å². The second-order valence-corrected chi connectivity index (χ2v) is 9.45. The summed E-state index contributed by atoms with van der Waals surface area (Å²) in [7, 11) is 3.06. The van der Waals surface area contributed by atoms with Crippen molar-refractivity contribution in [2.45, 2.75) is 63.3 Å². The summed E-state index contributed by atoms with van der Waals surface area (Å²) in [6.07, 6.45) is -3.25. The number of para-hydroxylation sites is 1. The van der Waals surface area contributed by atoms with E-state index in [4.69, 9.17) is 33.2 Å². The van der Waals surface area contributed by atoms with Gasteiger partial charge in [0.2, 0.25) is 12.2 Å². The molecule has 216 valence electrons. The van der Waals surface area contributed by atoms with Crippen LogP contribution in [0.1, 0.15) is 31.3 Å². The molecule has 2 aromatic rings. The van der Waals surface area contributed by atoms with Gasteiger partial charge in [0, 0.05) is 12.5 Å². The maximum atomic E-state index is 12.3. The monoisotopic (exact) mass is 557 g/mol. The van der Waals surface area contributed by atoms with Crippen molar-refractivity contribution < 1.29 is 47.9 Å². The molecule has 2 aliphatic rings. The third kappa shape index (κ3) is 6.56. The molecule has 2 saturated heterocycles. The Balaban J connectivity index is 1.67. The van der Waals surface area contributed by atoms with Gasteiger partial charge in [0.1, 0.15) is 30.1 Å². The van der Waals surface area contributed by atoms with Crippen LogP contribution < -0.4 is 19.5 Å². The summed E-state index contributed by atoms with van der Waals surface area (Å²) < 4.78 is 41.7. The van der Waals surface area contributed by atoms with Gasteiger partial charge in [0.05, 0.1) is 20.8 Å². The van der Waals surface area contributed by atoms with E-state index in [0.717, 1.165) is 5.56 Å². The number of aliphatic carboxylic acids is 1. The predicted molar refractivity (Wildman–Crippen MR) is 142 cm³/mol. The lowest BCUT2D eigenvalue weighted by Crippen LogP contribution is -2.68. The highest BCUT2D eigenvalue weighted by atomic mass is 16.8. The van der Waals surface area contributed by atoms with Crippen LogP contribution in [0.15, 0.2) is 55.1 Å². The highest BCUT2D eigenvalue weighted by Gasteiger charge is 2.53. The average Bonchev–Trinajstić information content (AvgIpc) is 2.94. The van der Waals surface area contributed by atoms with Crippen LogP contribution in [0.2, 0.25) is 0 Å². The molecule has 0 saturated carbocycles. The third-order valence-electron chi connectivity index (χ3n) is 6.68. The zero-order valence-corrected chi connectivity index (χ0v) is 22.9. The Morgan fingerprint density at radius 1 is 1.12 bits per heavy atom. The molecular formula is C29H35NO10. The van der Waals surface area contributed by atoms with Crippen LogP contribution in [0, 0.1) is 0 Å². The lowest BCUT2D eigenvalue weighted by atomic mass is 9.95. The summed E-state index contributed by atoms with van der Waals surface area (Å²) in [6.45, 7) is 6.65. The van der Waals surface area contributed by atoms with Crippen molar-refractivity contribution in [3.05, 3.63) is 66.2 Å². The molecule has 2 aliphatic heterocycles. The fourth-order valence-electron chi connectivity index (χ4n) is 4.75. The van der Waals surface area contributed by atoms with Crippen molar-refractivity contribution in [2.75, 3.05) is 20.8 Å². The van der Waals surface area contributed by atoms with Crippen molar-refractivity contribution >= 4 is 11.9 Å². The van der Waals surface area contributed by atoms with Gasteiger partial charge in [-0.15, -0.1) is 6.58 Å². The number of hydrogen-bond donors (Lipinski definition) is 2. The molecule has 0 aliphatic carbocycles. The number of fused-ring (bicyclic) bond motifs is 1. The molecule has 40 heavy (non-hydrogen) atoms. The van der Waals surface area contributed by atoms with Gasteiger partial charge in [0.15, 0.2) is 23.9 Å². The van der Waals surface area contributed by atoms with Crippen LogP contribution >= 0.6 is 0 Å². The molecule has 2 fully saturated rings. The normalized spacial score (nSPS) is 26.6. The summed E-state index contributed by atoms with van der Waals surface area (Å²) in [4.78, 5) is 24.1. The Kier molecular flexibility index (Phi) is 9.64. The summed E-state index contributed by atoms with van der Waals surface area (Å²) in [5, 5.41) is 12.5. The van der Waals surface area contributed by atoms with Crippen molar-refractivity contribution in [2.24, 2.45) is 0 Å². The van der Waals surface area contributed by atoms with Crippen LogP contribution in [0.5, 0.6) is 17.2 Å². The summed E-state index contributed by atoms with van der Waals surface area (Å²) >= 11 is 0. The lowest BCUT2D eigenvalue weighted by Gasteiger charge is -2.49. The number of nitrogens with one attached hydrogen (secondary N) is 1. The van der Waals surface area contributed by atoms with E-state index in [2.05, 4.69) is 11.9 Å². The molecule has 4 rings (SSSR count). The molecule has 0 aromatic heterocycles. The number of benzene rings is 2. The molecule has 2 N–H and O–H groups in total. The zero-order chi connectivity index (χ0) is 28.8. The smallest absolute Gasteiger partial charge is 0.332 e. The Morgan fingerprint density at radius 3 is 2.55 bits per heavy atom. The fourth-order valence-corrected chi connectivity index (χ4v) is 4.75. The van der Waals surface area contributed by atoms with Crippen LogP contribution in [-0.2, 0) is 35.0 Å². The van der Waals surface area contributed by atoms with Gasteiger partial charge in [-0.3, -0.25) is 4.79 Å². The topological polar surface area (TPSA) is 131 Å². The van der Waals surface area contributed by atoms with Gasteiger partial charge in [-0.1, -0.05) is 30.3 Å². The standard InChI is InChI=1S/C29H35NO10/c1-6-9-18-10-7-8-11-20(18)38-29-24(30-17(3)31)26(37-16(2)27(32)33)25-23(39-29)15-36-28(40-25)19-12-13-21(34-4)22(14-19)35-5/h6-8,10-14,16,23-26,28-29H,1,9,15H2,2-5H3,(H,30,31)(H,32,33). The molecule has 1 amide bonds. The van der Waals surface area contributed by atoms with Crippen molar-refractivity contribution in [3.63, 3.8) is 0 Å². The number of carboxylic acid groups (broad SMARTS) is 1. The molecule has 11 heteroatoms. The van der Waals surface area contributed by atoms with Gasteiger partial charge >= 0.3 is 5.97 Å². The van der Waals surface area contributed by atoms with Crippen molar-refractivity contribution in [1.82, 2.24) is 5.32 Å². The SMILES string of the molecule is C=CCc1ccccc1OC1OC2COC(c3ccc(OC)c(OC)c3)OC2C(OC(C)C(=O)O)C1NC(C)=O. The molecule has 0 bridgehead atoms. The zero-order valence-electron chi connectivity index (χ0n) is 22.9. The Morgan fingerprint density at radius 2 is 1.88 bits per heavy atom. The van der Waals surface area contributed by atoms with Crippen LogP contribution in [0.25, 0.3) is 0 Å². The maximum absolute atomic E-state index is 12.3. The Labute approximate surface area is 232 Å². The summed E-state index contributed by atoms with van der Waals surface area (Å²) in [5.41, 5.74) is 1.51. The van der Waals surface area contributed by atoms with E-state index in [1.807, 2.05) is 18.2 Å². The number of allylic oxidation sites excluding steroid dienone is 1. The van der Waals surface area contributed by atoms with Gasteiger partial charge in [-0.25, -0.2) is 4.79 Å². The first-order chi connectivity index (χ1) is 19.2. The van der Waals surface area contributed by atoms with Crippen molar-refractivity contribution in [3.8, 4) is 17.2 Å².